The van der Waals surface area contributed by atoms with Crippen molar-refractivity contribution in [2.24, 2.45) is 7.05 Å². The maximum Gasteiger partial charge on any atom is 0.380 e. The fraction of sp³-hybridized carbons (Fsp3) is 0.500. The molecular formula is C14H18N4O5. The molecule has 0 radical (unpaired) electrons. The molecule has 1 atom stereocenters. The highest BCUT2D eigenvalue weighted by atomic mass is 16.6. The molecule has 0 spiro atoms. The normalized spacial score (nSPS) is 15.3. The van der Waals surface area contributed by atoms with Crippen molar-refractivity contribution in [3.63, 3.8) is 0 Å². The summed E-state index contributed by atoms with van der Waals surface area (Å²) in [6.07, 6.45) is -1.23. The van der Waals surface area contributed by atoms with Crippen LogP contribution in [0, 0.1) is 13.8 Å². The topological polar surface area (TPSA) is 111 Å². The molecule has 9 heteroatoms. The molecule has 3 amide bonds. The maximum absolute atomic E-state index is 12.2. The highest BCUT2D eigenvalue weighted by molar-refractivity contribution is 6.41. The quantitative estimate of drug-likeness (QED) is 0.463. The fourth-order valence-corrected chi connectivity index (χ4v) is 2.37. The lowest BCUT2D eigenvalue weighted by Gasteiger charge is -2.17. The molecule has 0 saturated carbocycles. The summed E-state index contributed by atoms with van der Waals surface area (Å²) in [6.45, 7) is 5.13. The van der Waals surface area contributed by atoms with Gasteiger partial charge in [-0.05, 0) is 20.8 Å². The standard InChI is InChI=1S/C14H18N4O5/c1-7-10(8(2)17(4)16-7)11(19)13(21)23-9(3)12(20)18-6-5-15-14(18)22/h9H,5-6H2,1-4H3,(H,15,22)/t9-/m0/s1. The average molecular weight is 322 g/mol. The minimum atomic E-state index is -1.23. The van der Waals surface area contributed by atoms with E-state index >= 15 is 0 Å². The summed E-state index contributed by atoms with van der Waals surface area (Å²) in [7, 11) is 1.66. The number of carbonyl (C=O) groups is 4. The summed E-state index contributed by atoms with van der Waals surface area (Å²) in [5.41, 5.74) is 1.10. The van der Waals surface area contributed by atoms with Crippen LogP contribution in [0.3, 0.4) is 0 Å². The molecule has 1 fully saturated rings. The van der Waals surface area contributed by atoms with E-state index in [-0.39, 0.29) is 12.1 Å². The zero-order chi connectivity index (χ0) is 17.3. The number of nitrogens with one attached hydrogen (secondary N) is 1. The number of hydrogen-bond donors (Lipinski definition) is 1. The fourth-order valence-electron chi connectivity index (χ4n) is 2.37. The van der Waals surface area contributed by atoms with Crippen molar-refractivity contribution in [2.75, 3.05) is 13.1 Å². The number of ketones is 1. The second kappa shape index (κ2) is 6.19. The van der Waals surface area contributed by atoms with Gasteiger partial charge in [0.05, 0.1) is 11.3 Å². The number of amides is 3. The average Bonchev–Trinajstić information content (AvgIpc) is 3.01. The van der Waals surface area contributed by atoms with Gasteiger partial charge in [-0.25, -0.2) is 9.59 Å². The molecule has 0 aromatic carbocycles. The molecule has 0 unspecified atom stereocenters. The number of rotatable bonds is 4. The first-order chi connectivity index (χ1) is 10.7. The van der Waals surface area contributed by atoms with Gasteiger partial charge in [0.2, 0.25) is 0 Å². The molecule has 23 heavy (non-hydrogen) atoms. The van der Waals surface area contributed by atoms with Gasteiger partial charge in [-0.1, -0.05) is 0 Å². The molecule has 0 bridgehead atoms. The lowest BCUT2D eigenvalue weighted by atomic mass is 10.1. The van der Waals surface area contributed by atoms with Gasteiger partial charge >= 0.3 is 12.0 Å². The summed E-state index contributed by atoms with van der Waals surface area (Å²) in [6, 6.07) is -0.539. The molecule has 0 aliphatic carbocycles. The van der Waals surface area contributed by atoms with E-state index in [1.807, 2.05) is 0 Å². The van der Waals surface area contributed by atoms with E-state index in [2.05, 4.69) is 10.4 Å². The van der Waals surface area contributed by atoms with Gasteiger partial charge in [0.15, 0.2) is 6.10 Å². The van der Waals surface area contributed by atoms with Gasteiger partial charge in [0.1, 0.15) is 0 Å². The highest BCUT2D eigenvalue weighted by Gasteiger charge is 2.34. The summed E-state index contributed by atoms with van der Waals surface area (Å²) in [4.78, 5) is 48.6. The molecule has 9 nitrogen and oxygen atoms in total. The van der Waals surface area contributed by atoms with Crippen LogP contribution in [-0.2, 0) is 21.4 Å². The van der Waals surface area contributed by atoms with Crippen molar-refractivity contribution in [3.8, 4) is 0 Å². The second-order valence-electron chi connectivity index (χ2n) is 5.27. The van der Waals surface area contributed by atoms with Gasteiger partial charge < -0.3 is 10.1 Å². The first kappa shape index (κ1) is 16.7. The number of imide groups is 1. The first-order valence-electron chi connectivity index (χ1n) is 7.08. The van der Waals surface area contributed by atoms with Crippen molar-refractivity contribution in [2.45, 2.75) is 26.9 Å². The minimum absolute atomic E-state index is 0.163. The minimum Gasteiger partial charge on any atom is -0.447 e. The van der Waals surface area contributed by atoms with Crippen molar-refractivity contribution in [3.05, 3.63) is 17.0 Å². The number of aromatic nitrogens is 2. The SMILES string of the molecule is Cc1nn(C)c(C)c1C(=O)C(=O)O[C@@H](C)C(=O)N1CCNC1=O. The third kappa shape index (κ3) is 3.08. The molecule has 2 rings (SSSR count). The Kier molecular flexibility index (Phi) is 4.48. The van der Waals surface area contributed by atoms with Crippen molar-refractivity contribution in [1.29, 1.82) is 0 Å². The van der Waals surface area contributed by atoms with Crippen LogP contribution in [0.4, 0.5) is 4.79 Å². The summed E-state index contributed by atoms with van der Waals surface area (Å²) >= 11 is 0. The van der Waals surface area contributed by atoms with E-state index in [1.54, 1.807) is 20.9 Å². The number of urea groups is 1. The molecule has 124 valence electrons. The zero-order valence-corrected chi connectivity index (χ0v) is 13.4. The van der Waals surface area contributed by atoms with Crippen molar-refractivity contribution in [1.82, 2.24) is 20.0 Å². The molecule has 1 N–H and O–H groups in total. The van der Waals surface area contributed by atoms with Crippen LogP contribution >= 0.6 is 0 Å². The Morgan fingerprint density at radius 3 is 2.43 bits per heavy atom. The Hall–Kier alpha value is -2.71. The molecule has 1 aromatic heterocycles. The Balaban J connectivity index is 2.07. The van der Waals surface area contributed by atoms with Gasteiger partial charge in [0.25, 0.3) is 11.7 Å². The van der Waals surface area contributed by atoms with E-state index in [9.17, 15) is 19.2 Å². The summed E-state index contributed by atoms with van der Waals surface area (Å²) < 4.78 is 6.40. The van der Waals surface area contributed by atoms with Crippen LogP contribution in [0.15, 0.2) is 0 Å². The Bertz CT molecular complexity index is 694. The predicted molar refractivity (Wildman–Crippen MR) is 77.7 cm³/mol. The molecular weight excluding hydrogens is 304 g/mol. The van der Waals surface area contributed by atoms with Crippen LogP contribution in [0.5, 0.6) is 0 Å². The molecule has 1 aromatic rings. The van der Waals surface area contributed by atoms with Crippen molar-refractivity contribution < 1.29 is 23.9 Å². The Morgan fingerprint density at radius 1 is 1.30 bits per heavy atom. The number of esters is 1. The van der Waals surface area contributed by atoms with Gasteiger partial charge in [-0.3, -0.25) is 19.2 Å². The third-order valence-electron chi connectivity index (χ3n) is 3.68. The van der Waals surface area contributed by atoms with E-state index in [0.717, 1.165) is 4.90 Å². The van der Waals surface area contributed by atoms with E-state index in [4.69, 9.17) is 4.74 Å². The second-order valence-corrected chi connectivity index (χ2v) is 5.27. The van der Waals surface area contributed by atoms with Crippen LogP contribution in [0.1, 0.15) is 28.7 Å². The number of Topliss-reactive ketones (excluding diaryl/α,β-unsaturated/α-hetero) is 1. The molecule has 1 saturated heterocycles. The predicted octanol–water partition coefficient (Wildman–Crippen LogP) is -0.297. The molecule has 1 aliphatic rings. The lowest BCUT2D eigenvalue weighted by Crippen LogP contribution is -2.42. The van der Waals surface area contributed by atoms with E-state index < -0.39 is 29.8 Å². The van der Waals surface area contributed by atoms with Gasteiger partial charge in [0, 0.05) is 25.8 Å². The monoisotopic (exact) mass is 322 g/mol. The van der Waals surface area contributed by atoms with Crippen molar-refractivity contribution >= 4 is 23.7 Å². The summed E-state index contributed by atoms with van der Waals surface area (Å²) in [5.74, 6) is -2.68. The number of nitrogens with zero attached hydrogens (tertiary/aromatic N) is 3. The number of carbonyl (C=O) groups excluding carboxylic acids is 4. The Morgan fingerprint density at radius 2 is 1.96 bits per heavy atom. The van der Waals surface area contributed by atoms with E-state index in [0.29, 0.717) is 17.9 Å². The summed E-state index contributed by atoms with van der Waals surface area (Å²) in [5, 5.41) is 6.53. The van der Waals surface area contributed by atoms with Crippen LogP contribution < -0.4 is 5.32 Å². The highest BCUT2D eigenvalue weighted by Crippen LogP contribution is 2.14. The van der Waals surface area contributed by atoms with Crippen LogP contribution in [0.25, 0.3) is 0 Å². The lowest BCUT2D eigenvalue weighted by molar-refractivity contribution is -0.153. The first-order valence-corrected chi connectivity index (χ1v) is 7.08. The smallest absolute Gasteiger partial charge is 0.380 e. The van der Waals surface area contributed by atoms with Gasteiger partial charge in [-0.2, -0.15) is 5.10 Å². The molecule has 1 aliphatic heterocycles. The van der Waals surface area contributed by atoms with Crippen LogP contribution in [0.2, 0.25) is 0 Å². The van der Waals surface area contributed by atoms with Crippen LogP contribution in [-0.4, -0.2) is 57.6 Å². The number of ether oxygens (including phenoxy) is 1. The maximum atomic E-state index is 12.2. The number of aryl methyl sites for hydroxylation is 2. The van der Waals surface area contributed by atoms with Gasteiger partial charge in [-0.15, -0.1) is 0 Å². The Labute approximate surface area is 132 Å². The third-order valence-corrected chi connectivity index (χ3v) is 3.68. The molecule has 2 heterocycles. The number of hydrogen-bond acceptors (Lipinski definition) is 6. The largest absolute Gasteiger partial charge is 0.447 e. The van der Waals surface area contributed by atoms with E-state index in [1.165, 1.54) is 11.6 Å². The zero-order valence-electron chi connectivity index (χ0n) is 13.4.